The third-order valence-corrected chi connectivity index (χ3v) is 5.97. The number of hydrogen-bond acceptors (Lipinski definition) is 5. The fourth-order valence-electron chi connectivity index (χ4n) is 4.35. The van der Waals surface area contributed by atoms with Crippen LogP contribution in [0.25, 0.3) is 10.9 Å². The Hall–Kier alpha value is -3.32. The van der Waals surface area contributed by atoms with Crippen LogP contribution in [0, 0.1) is 0 Å². The summed E-state index contributed by atoms with van der Waals surface area (Å²) in [4.78, 5) is 42.7. The SMILES string of the molecule is CCOC(=O)C1Cc2c([nH]c3ccccc23)C(c2ccc(C(=O)OC)cc2)N1C(=O)CCl. The number of para-hydroxylation sites is 1. The number of carbonyl (C=O) groups is 3. The molecule has 32 heavy (non-hydrogen) atoms. The van der Waals surface area contributed by atoms with Crippen molar-refractivity contribution in [3.8, 4) is 0 Å². The molecule has 0 saturated heterocycles. The summed E-state index contributed by atoms with van der Waals surface area (Å²) in [5.41, 5.74) is 3.81. The molecule has 0 spiro atoms. The van der Waals surface area contributed by atoms with Crippen molar-refractivity contribution < 1.29 is 23.9 Å². The van der Waals surface area contributed by atoms with Crippen molar-refractivity contribution in [3.05, 3.63) is 70.9 Å². The zero-order valence-electron chi connectivity index (χ0n) is 17.8. The summed E-state index contributed by atoms with van der Waals surface area (Å²) < 4.78 is 10.1. The second kappa shape index (κ2) is 9.04. The van der Waals surface area contributed by atoms with Gasteiger partial charge in [-0.25, -0.2) is 9.59 Å². The Kier molecular flexibility index (Phi) is 6.19. The molecule has 7 nitrogen and oxygen atoms in total. The van der Waals surface area contributed by atoms with Crippen molar-refractivity contribution in [2.45, 2.75) is 25.4 Å². The number of aromatic amines is 1. The molecule has 0 saturated carbocycles. The van der Waals surface area contributed by atoms with Crippen molar-refractivity contribution >= 4 is 40.3 Å². The van der Waals surface area contributed by atoms with Crippen molar-refractivity contribution in [2.24, 2.45) is 0 Å². The number of alkyl halides is 1. The smallest absolute Gasteiger partial charge is 0.337 e. The van der Waals surface area contributed by atoms with Crippen molar-refractivity contribution in [1.82, 2.24) is 9.88 Å². The zero-order chi connectivity index (χ0) is 22.8. The lowest BCUT2D eigenvalue weighted by molar-refractivity contribution is -0.156. The van der Waals surface area contributed by atoms with Gasteiger partial charge in [-0.15, -0.1) is 11.6 Å². The van der Waals surface area contributed by atoms with Crippen LogP contribution in [0.2, 0.25) is 0 Å². The predicted molar refractivity (Wildman–Crippen MR) is 120 cm³/mol. The Labute approximate surface area is 190 Å². The van der Waals surface area contributed by atoms with Gasteiger partial charge in [0.2, 0.25) is 5.91 Å². The van der Waals surface area contributed by atoms with Gasteiger partial charge in [-0.1, -0.05) is 30.3 Å². The maximum absolute atomic E-state index is 13.0. The van der Waals surface area contributed by atoms with E-state index in [2.05, 4.69) is 4.98 Å². The van der Waals surface area contributed by atoms with Gasteiger partial charge in [-0.05, 0) is 36.2 Å². The Bertz CT molecular complexity index is 1170. The van der Waals surface area contributed by atoms with Crippen LogP contribution < -0.4 is 0 Å². The lowest BCUT2D eigenvalue weighted by atomic mass is 9.87. The topological polar surface area (TPSA) is 88.7 Å². The normalized spacial score (nSPS) is 17.7. The molecule has 2 unspecified atom stereocenters. The van der Waals surface area contributed by atoms with Crippen LogP contribution in [0.3, 0.4) is 0 Å². The standard InChI is InChI=1S/C24H23ClN2O5/c1-3-32-24(30)19-12-17-16-6-4-5-7-18(16)26-21(17)22(27(19)20(28)13-25)14-8-10-15(11-9-14)23(29)31-2/h4-11,19,22,26H,3,12-13H2,1-2H3. The number of carbonyl (C=O) groups excluding carboxylic acids is 3. The summed E-state index contributed by atoms with van der Waals surface area (Å²) in [6.07, 6.45) is 0.317. The summed E-state index contributed by atoms with van der Waals surface area (Å²) in [6, 6.07) is 13.2. The Morgan fingerprint density at radius 2 is 1.84 bits per heavy atom. The molecule has 1 N–H and O–H groups in total. The van der Waals surface area contributed by atoms with Gasteiger partial charge < -0.3 is 19.4 Å². The van der Waals surface area contributed by atoms with E-state index in [0.29, 0.717) is 12.0 Å². The predicted octanol–water partition coefficient (Wildman–Crippen LogP) is 3.60. The highest BCUT2D eigenvalue weighted by atomic mass is 35.5. The molecule has 1 aromatic heterocycles. The number of fused-ring (bicyclic) bond motifs is 3. The van der Waals surface area contributed by atoms with E-state index in [0.717, 1.165) is 27.7 Å². The number of nitrogens with zero attached hydrogens (tertiary/aromatic N) is 1. The molecular weight excluding hydrogens is 432 g/mol. The van der Waals surface area contributed by atoms with Crippen LogP contribution in [-0.4, -0.2) is 53.4 Å². The first-order valence-corrected chi connectivity index (χ1v) is 10.8. The van der Waals surface area contributed by atoms with E-state index in [4.69, 9.17) is 21.1 Å². The van der Waals surface area contributed by atoms with Gasteiger partial charge in [-0.3, -0.25) is 4.79 Å². The number of H-pyrrole nitrogens is 1. The molecule has 1 aliphatic heterocycles. The number of halogens is 1. The summed E-state index contributed by atoms with van der Waals surface area (Å²) in [5, 5.41) is 0.992. The lowest BCUT2D eigenvalue weighted by Crippen LogP contribution is -2.52. The summed E-state index contributed by atoms with van der Waals surface area (Å²) in [7, 11) is 1.32. The van der Waals surface area contributed by atoms with E-state index in [1.807, 2.05) is 24.3 Å². The summed E-state index contributed by atoms with van der Waals surface area (Å²) in [6.45, 7) is 1.94. The molecule has 1 amide bonds. The highest BCUT2D eigenvalue weighted by molar-refractivity contribution is 6.27. The van der Waals surface area contributed by atoms with Crippen LogP contribution in [0.4, 0.5) is 0 Å². The minimum Gasteiger partial charge on any atom is -0.465 e. The number of hydrogen-bond donors (Lipinski definition) is 1. The number of ether oxygens (including phenoxy) is 2. The van der Waals surface area contributed by atoms with E-state index in [1.54, 1.807) is 31.2 Å². The third-order valence-electron chi connectivity index (χ3n) is 5.74. The molecule has 2 aromatic carbocycles. The van der Waals surface area contributed by atoms with Gasteiger partial charge in [0, 0.05) is 23.0 Å². The lowest BCUT2D eigenvalue weighted by Gasteiger charge is -2.40. The summed E-state index contributed by atoms with van der Waals surface area (Å²) in [5.74, 6) is -1.58. The average Bonchev–Trinajstić information content (AvgIpc) is 3.20. The van der Waals surface area contributed by atoms with E-state index in [-0.39, 0.29) is 18.4 Å². The van der Waals surface area contributed by atoms with Crippen LogP contribution in [-0.2, 0) is 25.5 Å². The van der Waals surface area contributed by atoms with Gasteiger partial charge in [-0.2, -0.15) is 0 Å². The Balaban J connectivity index is 1.91. The van der Waals surface area contributed by atoms with Gasteiger partial charge in [0.15, 0.2) is 0 Å². The Morgan fingerprint density at radius 3 is 2.50 bits per heavy atom. The van der Waals surface area contributed by atoms with E-state index < -0.39 is 24.0 Å². The molecule has 0 bridgehead atoms. The quantitative estimate of drug-likeness (QED) is 0.470. The second-order valence-corrected chi connectivity index (χ2v) is 7.75. The molecule has 8 heteroatoms. The number of rotatable bonds is 5. The van der Waals surface area contributed by atoms with E-state index >= 15 is 0 Å². The molecule has 166 valence electrons. The van der Waals surface area contributed by atoms with Crippen molar-refractivity contribution in [1.29, 1.82) is 0 Å². The number of nitrogens with one attached hydrogen (secondary N) is 1. The average molecular weight is 455 g/mol. The first kappa shape index (κ1) is 21.9. The van der Waals surface area contributed by atoms with E-state index in [1.165, 1.54) is 12.0 Å². The molecule has 1 aliphatic rings. The number of methoxy groups -OCH3 is 1. The second-order valence-electron chi connectivity index (χ2n) is 7.49. The molecule has 0 radical (unpaired) electrons. The highest BCUT2D eigenvalue weighted by Crippen LogP contribution is 2.41. The number of amides is 1. The Morgan fingerprint density at radius 1 is 1.12 bits per heavy atom. The maximum Gasteiger partial charge on any atom is 0.337 e. The van der Waals surface area contributed by atoms with Gasteiger partial charge >= 0.3 is 11.9 Å². The molecule has 4 rings (SSSR count). The molecule has 3 aromatic rings. The maximum atomic E-state index is 13.0. The number of esters is 2. The molecule has 2 atom stereocenters. The minimum absolute atomic E-state index is 0.206. The fourth-order valence-corrected chi connectivity index (χ4v) is 4.49. The molecule has 0 fully saturated rings. The summed E-state index contributed by atoms with van der Waals surface area (Å²) >= 11 is 5.96. The third kappa shape index (κ3) is 3.73. The molecular formula is C24H23ClN2O5. The van der Waals surface area contributed by atoms with Crippen LogP contribution in [0.1, 0.15) is 40.1 Å². The number of aromatic nitrogens is 1. The number of benzene rings is 2. The van der Waals surface area contributed by atoms with Gasteiger partial charge in [0.05, 0.1) is 25.3 Å². The van der Waals surface area contributed by atoms with Gasteiger partial charge in [0.25, 0.3) is 0 Å². The first-order valence-electron chi connectivity index (χ1n) is 10.3. The van der Waals surface area contributed by atoms with Crippen molar-refractivity contribution in [2.75, 3.05) is 19.6 Å². The monoisotopic (exact) mass is 454 g/mol. The van der Waals surface area contributed by atoms with Crippen LogP contribution >= 0.6 is 11.6 Å². The minimum atomic E-state index is -0.821. The van der Waals surface area contributed by atoms with Crippen LogP contribution in [0.15, 0.2) is 48.5 Å². The van der Waals surface area contributed by atoms with E-state index in [9.17, 15) is 14.4 Å². The largest absolute Gasteiger partial charge is 0.465 e. The van der Waals surface area contributed by atoms with Gasteiger partial charge in [0.1, 0.15) is 11.9 Å². The molecule has 0 aliphatic carbocycles. The zero-order valence-corrected chi connectivity index (χ0v) is 18.5. The fraction of sp³-hybridized carbons (Fsp3) is 0.292. The van der Waals surface area contributed by atoms with Crippen LogP contribution in [0.5, 0.6) is 0 Å². The van der Waals surface area contributed by atoms with Crippen molar-refractivity contribution in [3.63, 3.8) is 0 Å². The first-order chi connectivity index (χ1) is 15.5. The molecule has 2 heterocycles. The highest BCUT2D eigenvalue weighted by Gasteiger charge is 2.43.